The summed E-state index contributed by atoms with van der Waals surface area (Å²) in [6, 6.07) is 29.6. The Labute approximate surface area is 394 Å². The molecular weight excluding hydrogens is 870 g/mol. The summed E-state index contributed by atoms with van der Waals surface area (Å²) < 4.78 is 23.9. The summed E-state index contributed by atoms with van der Waals surface area (Å²) >= 11 is 0. The van der Waals surface area contributed by atoms with Crippen LogP contribution in [0.3, 0.4) is 0 Å². The lowest BCUT2D eigenvalue weighted by Crippen LogP contribution is -2.36. The van der Waals surface area contributed by atoms with Crippen molar-refractivity contribution in [3.8, 4) is 22.8 Å². The number of halogens is 1. The van der Waals surface area contributed by atoms with E-state index in [9.17, 15) is 18.8 Å². The fourth-order valence-electron chi connectivity index (χ4n) is 7.33. The monoisotopic (exact) mass is 931 g/mol. The zero-order valence-electron chi connectivity index (χ0n) is 39.6. The van der Waals surface area contributed by atoms with Crippen molar-refractivity contribution in [3.63, 3.8) is 0 Å². The molecular formula is C52H62FN7O8. The van der Waals surface area contributed by atoms with Gasteiger partial charge in [-0.05, 0) is 121 Å². The molecule has 360 valence electrons. The van der Waals surface area contributed by atoms with E-state index in [1.54, 1.807) is 24.3 Å². The number of hydrogen-bond acceptors (Lipinski definition) is 12. The van der Waals surface area contributed by atoms with Crippen LogP contribution in [0.2, 0.25) is 0 Å². The van der Waals surface area contributed by atoms with E-state index >= 15 is 0 Å². The van der Waals surface area contributed by atoms with Crippen LogP contribution in [0.4, 0.5) is 10.1 Å². The smallest absolute Gasteiger partial charge is 0.373 e. The highest BCUT2D eigenvalue weighted by atomic mass is 19.1. The number of unbranched alkanes of at least 4 members (excludes halogenated alkanes) is 4. The lowest BCUT2D eigenvalue weighted by atomic mass is 10.1. The fourth-order valence-corrected chi connectivity index (χ4v) is 7.33. The summed E-state index contributed by atoms with van der Waals surface area (Å²) in [5, 5.41) is 13.4. The number of aromatic nitrogens is 4. The number of nitrogens with two attached hydrogens (primary N) is 1. The SMILES string of the molecule is CCCCCN.CCN(C(C)C)C(C)C.O=C(O)CCCCCNc1ccc2cc(-c3nc4ccccc4[nH]3)c(=O)oc2c1.O=C=O.O=c1oc2cc(F)ccc2cc1-c1nc2ccccc2[nH]1. The first kappa shape index (κ1) is 53.4. The molecule has 4 aromatic carbocycles. The van der Waals surface area contributed by atoms with Gasteiger partial charge in [0.2, 0.25) is 0 Å². The minimum absolute atomic E-state index is 0.203. The number of carboxylic acid groups (broad SMARTS) is 1. The average molecular weight is 932 g/mol. The lowest BCUT2D eigenvalue weighted by molar-refractivity contribution is -0.191. The fraction of sp³-hybridized carbons (Fsp3) is 0.346. The first-order valence-corrected chi connectivity index (χ1v) is 22.9. The maximum Gasteiger partial charge on any atom is 0.373 e. The molecule has 0 amide bonds. The van der Waals surface area contributed by atoms with Gasteiger partial charge in [-0.25, -0.2) is 23.9 Å². The molecule has 0 saturated heterocycles. The molecule has 0 radical (unpaired) electrons. The number of benzene rings is 4. The largest absolute Gasteiger partial charge is 0.481 e. The van der Waals surface area contributed by atoms with Crippen molar-refractivity contribution in [1.29, 1.82) is 0 Å². The number of imidazole rings is 2. The topological polar surface area (TPSA) is 231 Å². The average Bonchev–Trinajstić information content (AvgIpc) is 3.95. The summed E-state index contributed by atoms with van der Waals surface area (Å²) in [7, 11) is 0. The van der Waals surface area contributed by atoms with Gasteiger partial charge in [0.15, 0.2) is 0 Å². The third kappa shape index (κ3) is 16.0. The highest BCUT2D eigenvalue weighted by molar-refractivity contribution is 5.86. The lowest BCUT2D eigenvalue weighted by Gasteiger charge is -2.28. The van der Waals surface area contributed by atoms with Crippen LogP contribution in [0, 0.1) is 5.82 Å². The van der Waals surface area contributed by atoms with Gasteiger partial charge in [-0.1, -0.05) is 57.4 Å². The van der Waals surface area contributed by atoms with Gasteiger partial charge in [0.05, 0.1) is 22.1 Å². The first-order valence-electron chi connectivity index (χ1n) is 22.9. The molecule has 16 heteroatoms. The molecule has 0 aliphatic heterocycles. The number of H-pyrrole nitrogens is 2. The quantitative estimate of drug-likeness (QED) is 0.0476. The van der Waals surface area contributed by atoms with Crippen LogP contribution >= 0.6 is 0 Å². The van der Waals surface area contributed by atoms with E-state index < -0.39 is 23.0 Å². The maximum atomic E-state index is 13.2. The van der Waals surface area contributed by atoms with Crippen molar-refractivity contribution in [1.82, 2.24) is 24.8 Å². The van der Waals surface area contributed by atoms with Crippen LogP contribution in [0.1, 0.15) is 86.5 Å². The maximum absolute atomic E-state index is 13.2. The molecule has 0 aliphatic rings. The predicted octanol–water partition coefficient (Wildman–Crippen LogP) is 10.5. The molecule has 8 rings (SSSR count). The molecule has 0 bridgehead atoms. The molecule has 0 atom stereocenters. The van der Waals surface area contributed by atoms with E-state index in [1.165, 1.54) is 31.4 Å². The van der Waals surface area contributed by atoms with Gasteiger partial charge in [0, 0.05) is 53.6 Å². The Kier molecular flexibility index (Phi) is 21.5. The first-order chi connectivity index (χ1) is 32.7. The normalized spacial score (nSPS) is 10.8. The molecule has 4 aromatic heterocycles. The number of nitrogens with one attached hydrogen (secondary N) is 3. The second-order valence-corrected chi connectivity index (χ2v) is 16.3. The van der Waals surface area contributed by atoms with Crippen molar-refractivity contribution in [2.45, 2.75) is 98.6 Å². The molecule has 0 unspecified atom stereocenters. The number of aromatic amines is 2. The van der Waals surface area contributed by atoms with E-state index in [-0.39, 0.29) is 18.2 Å². The van der Waals surface area contributed by atoms with Crippen LogP contribution in [0.15, 0.2) is 115 Å². The standard InChI is InChI=1S/C22H21N3O4.C16H9FN2O2.C8H19N.C5H13N.CO2/c26-20(27)8-2-1-5-11-23-15-10-9-14-12-16(22(28)29-19(14)13-15)21-24-17-6-3-4-7-18(17)25-21;17-10-6-5-9-7-11(16(20)21-14(9)8-10)15-18-12-3-1-2-4-13(12)19-15;1-6-9(7(2)3)8(4)5;1-2-3-4-5-6;2-1-3/h3-4,6-7,9-10,12-13,23H,1-2,5,8,11H2,(H,24,25)(H,26,27);1-8H,(H,18,19);7-8H,6H2,1-5H3;2-6H2,1H3;. The van der Waals surface area contributed by atoms with Crippen molar-refractivity contribution in [3.05, 3.63) is 124 Å². The van der Waals surface area contributed by atoms with Crippen LogP contribution in [0.5, 0.6) is 0 Å². The summed E-state index contributed by atoms with van der Waals surface area (Å²) in [5.41, 5.74) is 9.80. The molecule has 0 aliphatic carbocycles. The summed E-state index contributed by atoms with van der Waals surface area (Å²) in [5.74, 6) is -0.270. The third-order valence-electron chi connectivity index (χ3n) is 10.6. The van der Waals surface area contributed by atoms with Gasteiger partial charge in [0.25, 0.3) is 0 Å². The van der Waals surface area contributed by atoms with Gasteiger partial charge in [-0.3, -0.25) is 9.69 Å². The number of carboxylic acids is 1. The molecule has 4 heterocycles. The van der Waals surface area contributed by atoms with E-state index in [0.717, 1.165) is 65.6 Å². The van der Waals surface area contributed by atoms with Gasteiger partial charge in [0.1, 0.15) is 39.8 Å². The molecule has 0 fully saturated rings. The Morgan fingerprint density at radius 3 is 1.69 bits per heavy atom. The number of carbonyl (C=O) groups is 1. The third-order valence-corrected chi connectivity index (χ3v) is 10.6. The van der Waals surface area contributed by atoms with Gasteiger partial charge in [-0.15, -0.1) is 0 Å². The van der Waals surface area contributed by atoms with E-state index in [0.29, 0.717) is 52.2 Å². The Hall–Kier alpha value is -7.26. The number of hydrogen-bond donors (Lipinski definition) is 5. The molecule has 0 saturated carbocycles. The Morgan fingerprint density at radius 1 is 0.735 bits per heavy atom. The van der Waals surface area contributed by atoms with Crippen LogP contribution in [-0.4, -0.2) is 73.8 Å². The van der Waals surface area contributed by atoms with Gasteiger partial charge < -0.3 is 35.0 Å². The number of rotatable bonds is 15. The van der Waals surface area contributed by atoms with Crippen LogP contribution < -0.4 is 22.3 Å². The minimum atomic E-state index is -0.760. The highest BCUT2D eigenvalue weighted by Gasteiger charge is 2.14. The number of anilines is 1. The second-order valence-electron chi connectivity index (χ2n) is 16.3. The van der Waals surface area contributed by atoms with Crippen molar-refractivity contribution < 1.29 is 32.7 Å². The zero-order valence-corrected chi connectivity index (χ0v) is 39.6. The number of aliphatic carboxylic acids is 1. The summed E-state index contributed by atoms with van der Waals surface area (Å²) in [6.45, 7) is 16.1. The molecule has 6 N–H and O–H groups in total. The van der Waals surface area contributed by atoms with E-state index in [1.807, 2.05) is 60.7 Å². The number of para-hydroxylation sites is 4. The van der Waals surface area contributed by atoms with Crippen molar-refractivity contribution in [2.75, 3.05) is 25.0 Å². The minimum Gasteiger partial charge on any atom is -0.481 e. The predicted molar refractivity (Wildman–Crippen MR) is 266 cm³/mol. The van der Waals surface area contributed by atoms with Crippen LogP contribution in [-0.2, 0) is 14.4 Å². The van der Waals surface area contributed by atoms with E-state index in [2.05, 4.69) is 71.7 Å². The number of nitrogens with zero attached hydrogens (tertiary/aromatic N) is 3. The van der Waals surface area contributed by atoms with Crippen molar-refractivity contribution >= 4 is 61.8 Å². The second kappa shape index (κ2) is 27.4. The Bertz CT molecular complexity index is 2910. The van der Waals surface area contributed by atoms with Gasteiger partial charge >= 0.3 is 23.4 Å². The molecule has 68 heavy (non-hydrogen) atoms. The number of carbonyl (C=O) groups excluding carboxylic acids is 2. The Balaban J connectivity index is 0.000000224. The molecule has 0 spiro atoms. The molecule has 8 aromatic rings. The Morgan fingerprint density at radius 2 is 1.25 bits per heavy atom. The highest BCUT2D eigenvalue weighted by Crippen LogP contribution is 2.25. The number of fused-ring (bicyclic) bond motifs is 4. The van der Waals surface area contributed by atoms with Gasteiger partial charge in [-0.2, -0.15) is 9.59 Å². The van der Waals surface area contributed by atoms with Crippen LogP contribution in [0.25, 0.3) is 66.8 Å². The van der Waals surface area contributed by atoms with Crippen molar-refractivity contribution in [2.24, 2.45) is 5.73 Å². The molecule has 15 nitrogen and oxygen atoms in total. The zero-order chi connectivity index (χ0) is 49.6. The van der Waals surface area contributed by atoms with E-state index in [4.69, 9.17) is 29.3 Å². The summed E-state index contributed by atoms with van der Waals surface area (Å²) in [4.78, 5) is 68.9. The summed E-state index contributed by atoms with van der Waals surface area (Å²) in [6.07, 6.45) is 6.61.